The summed E-state index contributed by atoms with van der Waals surface area (Å²) in [7, 11) is 0. The van der Waals surface area contributed by atoms with Crippen LogP contribution in [0.1, 0.15) is 18.9 Å². The number of hydrogen-bond acceptors (Lipinski definition) is 7. The number of anilines is 2. The monoisotopic (exact) mass is 528 g/mol. The van der Waals surface area contributed by atoms with Crippen molar-refractivity contribution in [1.82, 2.24) is 19.6 Å². The van der Waals surface area contributed by atoms with E-state index in [0.717, 1.165) is 31.9 Å². The van der Waals surface area contributed by atoms with Gasteiger partial charge in [-0.05, 0) is 18.1 Å². The van der Waals surface area contributed by atoms with Crippen LogP contribution in [0.2, 0.25) is 0 Å². The van der Waals surface area contributed by atoms with Gasteiger partial charge >= 0.3 is 18.2 Å². The first-order valence-corrected chi connectivity index (χ1v) is 12.8. The highest BCUT2D eigenvalue weighted by atomic mass is 32.2. The fraction of sp³-hybridized carbons (Fsp3) is 0.522. The van der Waals surface area contributed by atoms with Crippen molar-refractivity contribution in [2.45, 2.75) is 26.1 Å². The number of aliphatic carboxylic acids is 1. The van der Waals surface area contributed by atoms with Gasteiger partial charge in [-0.25, -0.2) is 4.79 Å². The molecular formula is C23H31F3N6O3S. The van der Waals surface area contributed by atoms with Crippen molar-refractivity contribution in [3.63, 3.8) is 0 Å². The predicted octanol–water partition coefficient (Wildman–Crippen LogP) is 3.84. The molecule has 3 heterocycles. The number of carboxylic acids is 1. The van der Waals surface area contributed by atoms with Gasteiger partial charge in [0.2, 0.25) is 0 Å². The number of rotatable bonds is 6. The Morgan fingerprint density at radius 1 is 1.14 bits per heavy atom. The quantitative estimate of drug-likeness (QED) is 0.547. The first-order chi connectivity index (χ1) is 17.0. The number of carbonyl (C=O) groups is 2. The number of carbonyl (C=O) groups excluding carboxylic acids is 1. The van der Waals surface area contributed by atoms with Crippen LogP contribution in [0.3, 0.4) is 0 Å². The minimum Gasteiger partial charge on any atom is -0.481 e. The highest BCUT2D eigenvalue weighted by Crippen LogP contribution is 2.28. The fourth-order valence-electron chi connectivity index (χ4n) is 4.21. The van der Waals surface area contributed by atoms with E-state index >= 15 is 0 Å². The molecule has 2 saturated heterocycles. The molecule has 13 heteroatoms. The summed E-state index contributed by atoms with van der Waals surface area (Å²) in [4.78, 5) is 30.4. The second-order valence-corrected chi connectivity index (χ2v) is 9.29. The van der Waals surface area contributed by atoms with E-state index in [0.29, 0.717) is 31.9 Å². The van der Waals surface area contributed by atoms with E-state index in [1.54, 1.807) is 12.3 Å². The lowest BCUT2D eigenvalue weighted by Crippen LogP contribution is -2.49. The van der Waals surface area contributed by atoms with Gasteiger partial charge in [-0.1, -0.05) is 30.1 Å². The van der Waals surface area contributed by atoms with Gasteiger partial charge in [-0.2, -0.15) is 17.9 Å². The van der Waals surface area contributed by atoms with Gasteiger partial charge in [-0.3, -0.25) is 9.69 Å². The van der Waals surface area contributed by atoms with Crippen LogP contribution in [0, 0.1) is 5.92 Å². The molecule has 2 fully saturated rings. The lowest BCUT2D eigenvalue weighted by atomic mass is 10.1. The SMILES string of the molecule is CC(F)(F)F.CSNc1ccn(C(=O)N2CCN(Cc3ccccc3N3CCC(C(=O)O)C3)CC2)n1. The Hall–Kier alpha value is -2.93. The summed E-state index contributed by atoms with van der Waals surface area (Å²) in [6, 6.07) is 9.91. The maximum atomic E-state index is 12.7. The largest absolute Gasteiger partial charge is 0.481 e. The average Bonchev–Trinajstić information content (AvgIpc) is 3.49. The first kappa shape index (κ1) is 27.7. The minimum atomic E-state index is -4.00. The molecule has 1 aromatic carbocycles. The van der Waals surface area contributed by atoms with E-state index in [1.165, 1.54) is 22.2 Å². The summed E-state index contributed by atoms with van der Waals surface area (Å²) >= 11 is 1.44. The molecule has 2 N–H and O–H groups in total. The van der Waals surface area contributed by atoms with E-state index in [-0.39, 0.29) is 18.9 Å². The molecule has 0 spiro atoms. The maximum absolute atomic E-state index is 12.7. The Morgan fingerprint density at radius 2 is 1.81 bits per heavy atom. The van der Waals surface area contributed by atoms with Crippen molar-refractivity contribution >= 4 is 35.5 Å². The number of amides is 1. The van der Waals surface area contributed by atoms with Crippen LogP contribution in [0.5, 0.6) is 0 Å². The van der Waals surface area contributed by atoms with Crippen LogP contribution >= 0.6 is 11.9 Å². The Bertz CT molecular complexity index is 1020. The summed E-state index contributed by atoms with van der Waals surface area (Å²) in [6.07, 6.45) is 0.280. The van der Waals surface area contributed by atoms with Gasteiger partial charge in [0.1, 0.15) is 0 Å². The summed E-state index contributed by atoms with van der Waals surface area (Å²) in [5.74, 6) is -0.339. The number of carboxylic acid groups (broad SMARTS) is 1. The Labute approximate surface area is 212 Å². The van der Waals surface area contributed by atoms with Crippen LogP contribution in [0.15, 0.2) is 36.5 Å². The molecule has 0 bridgehead atoms. The summed E-state index contributed by atoms with van der Waals surface area (Å²) in [5, 5.41) is 13.6. The molecule has 4 rings (SSSR count). The molecule has 2 aliphatic heterocycles. The Kier molecular flexibility index (Phi) is 9.49. The fourth-order valence-corrected chi connectivity index (χ4v) is 4.52. The number of halogens is 3. The Balaban J connectivity index is 0.000000658. The third kappa shape index (κ3) is 8.05. The number of benzene rings is 1. The zero-order valence-corrected chi connectivity index (χ0v) is 21.1. The second kappa shape index (κ2) is 12.3. The molecule has 2 aromatic rings. The molecule has 1 aromatic heterocycles. The van der Waals surface area contributed by atoms with Crippen LogP contribution in [0.4, 0.5) is 29.5 Å². The van der Waals surface area contributed by atoms with Crippen molar-refractivity contribution in [1.29, 1.82) is 0 Å². The smallest absolute Gasteiger partial charge is 0.386 e. The summed E-state index contributed by atoms with van der Waals surface area (Å²) < 4.78 is 35.5. The molecular weight excluding hydrogens is 497 g/mol. The van der Waals surface area contributed by atoms with E-state index in [1.807, 2.05) is 23.3 Å². The number of alkyl halides is 3. The lowest BCUT2D eigenvalue weighted by Gasteiger charge is -2.35. The van der Waals surface area contributed by atoms with Gasteiger partial charge in [0.15, 0.2) is 5.82 Å². The zero-order chi connectivity index (χ0) is 26.3. The molecule has 198 valence electrons. The van der Waals surface area contributed by atoms with Crippen LogP contribution in [0.25, 0.3) is 0 Å². The molecule has 1 unspecified atom stereocenters. The van der Waals surface area contributed by atoms with Gasteiger partial charge < -0.3 is 19.6 Å². The number of nitrogens with zero attached hydrogens (tertiary/aromatic N) is 5. The molecule has 1 atom stereocenters. The number of nitrogens with one attached hydrogen (secondary N) is 1. The second-order valence-electron chi connectivity index (χ2n) is 8.68. The number of para-hydroxylation sites is 1. The average molecular weight is 529 g/mol. The van der Waals surface area contributed by atoms with Gasteiger partial charge in [0.25, 0.3) is 0 Å². The van der Waals surface area contributed by atoms with Crippen molar-refractivity contribution in [2.75, 3.05) is 55.1 Å². The highest BCUT2D eigenvalue weighted by molar-refractivity contribution is 7.99. The lowest BCUT2D eigenvalue weighted by molar-refractivity contribution is -0.140. The van der Waals surface area contributed by atoms with E-state index in [4.69, 9.17) is 0 Å². The maximum Gasteiger partial charge on any atom is 0.386 e. The zero-order valence-electron chi connectivity index (χ0n) is 20.2. The van der Waals surface area contributed by atoms with Crippen molar-refractivity contribution in [3.05, 3.63) is 42.1 Å². The van der Waals surface area contributed by atoms with E-state index in [9.17, 15) is 27.9 Å². The number of hydrogen-bond donors (Lipinski definition) is 2. The Morgan fingerprint density at radius 3 is 2.42 bits per heavy atom. The van der Waals surface area contributed by atoms with Gasteiger partial charge in [-0.15, -0.1) is 5.10 Å². The van der Waals surface area contributed by atoms with Crippen LogP contribution in [-0.4, -0.2) is 88.4 Å². The van der Waals surface area contributed by atoms with Crippen molar-refractivity contribution < 1.29 is 27.9 Å². The molecule has 2 aliphatic rings. The molecule has 1 amide bonds. The van der Waals surface area contributed by atoms with E-state index < -0.39 is 12.1 Å². The molecule has 0 saturated carbocycles. The van der Waals surface area contributed by atoms with Crippen LogP contribution < -0.4 is 9.62 Å². The third-order valence-corrected chi connectivity index (χ3v) is 6.31. The van der Waals surface area contributed by atoms with E-state index in [2.05, 4.69) is 31.8 Å². The summed E-state index contributed by atoms with van der Waals surface area (Å²) in [5.41, 5.74) is 2.32. The normalized spacial score (nSPS) is 18.5. The standard InChI is InChI=1S/C21H28N6O3S.C2H3F3/c1-31-23-19-7-9-27(22-19)21(30)25-12-10-24(11-13-25)14-16-4-2-3-5-18(16)26-8-6-17(15-26)20(28)29;1-2(3,4)5/h2-5,7,9,17H,6,8,10-15H2,1H3,(H,22,23)(H,28,29);1H3. The van der Waals surface area contributed by atoms with Crippen molar-refractivity contribution in [2.24, 2.45) is 5.92 Å². The van der Waals surface area contributed by atoms with Gasteiger partial charge in [0, 0.05) is 76.9 Å². The number of piperazine rings is 1. The third-order valence-electron chi connectivity index (χ3n) is 5.90. The highest BCUT2D eigenvalue weighted by Gasteiger charge is 2.30. The van der Waals surface area contributed by atoms with Crippen molar-refractivity contribution in [3.8, 4) is 0 Å². The molecule has 9 nitrogen and oxygen atoms in total. The predicted molar refractivity (Wildman–Crippen MR) is 133 cm³/mol. The first-order valence-electron chi connectivity index (χ1n) is 11.5. The molecule has 0 radical (unpaired) electrons. The van der Waals surface area contributed by atoms with Gasteiger partial charge in [0.05, 0.1) is 5.92 Å². The topological polar surface area (TPSA) is 93.9 Å². The van der Waals surface area contributed by atoms with Crippen LogP contribution in [-0.2, 0) is 11.3 Å². The summed E-state index contributed by atoms with van der Waals surface area (Å²) in [6.45, 7) is 5.18. The molecule has 0 aliphatic carbocycles. The minimum absolute atomic E-state index is 0.106. The molecule has 36 heavy (non-hydrogen) atoms. The number of aromatic nitrogens is 2.